The van der Waals surface area contributed by atoms with Crippen molar-refractivity contribution < 1.29 is 133 Å². The first-order valence-electron chi connectivity index (χ1n) is 23.5. The van der Waals surface area contributed by atoms with Gasteiger partial charge in [-0.2, -0.15) is 0 Å². The van der Waals surface area contributed by atoms with Crippen LogP contribution in [0.1, 0.15) is 61.8 Å². The average Bonchev–Trinajstić information content (AvgIpc) is 3.34. The number of fused-ring (bicyclic) bond motifs is 3. The van der Waals surface area contributed by atoms with Crippen LogP contribution in [0.4, 0.5) is 0 Å². The first-order chi connectivity index (χ1) is 35.0. The Morgan fingerprint density at radius 1 is 0.473 bits per heavy atom. The topological polar surface area (TPSA) is 321 Å². The predicted octanol–water partition coefficient (Wildman–Crippen LogP) is -0.883. The summed E-state index contributed by atoms with van der Waals surface area (Å²) in [6, 6.07) is 0. The largest absolute Gasteiger partial charge is 0.467 e. The molecule has 0 aromatic heterocycles. The Balaban J connectivity index is 1.60. The fraction of sp³-hybridized carbons (Fsp3) is 0.826. The minimum absolute atomic E-state index is 0.0518. The van der Waals surface area contributed by atoms with Crippen LogP contribution in [0, 0.1) is 5.92 Å². The van der Waals surface area contributed by atoms with Crippen LogP contribution in [0.15, 0.2) is 0 Å². The highest BCUT2D eigenvalue weighted by atomic mass is 16.8. The van der Waals surface area contributed by atoms with E-state index in [0.717, 1.165) is 48.7 Å². The lowest BCUT2D eigenvalue weighted by atomic mass is 9.77. The molecule has 0 aromatic rings. The summed E-state index contributed by atoms with van der Waals surface area (Å²) in [5.74, 6) is -7.72. The number of hydrogen-bond donors (Lipinski definition) is 0. The summed E-state index contributed by atoms with van der Waals surface area (Å²) in [5, 5.41) is 0. The van der Waals surface area contributed by atoms with E-state index in [2.05, 4.69) is 0 Å². The summed E-state index contributed by atoms with van der Waals surface area (Å²) in [4.78, 5) is 104. The highest BCUT2D eigenvalue weighted by Gasteiger charge is 2.69. The van der Waals surface area contributed by atoms with Gasteiger partial charge in [-0.15, -0.1) is 0 Å². The Bertz CT molecular complexity index is 2000. The Hall–Kier alpha value is -4.72. The molecule has 20 atom stereocenters. The molecule has 28 nitrogen and oxygen atoms in total. The molecule has 0 spiro atoms. The average molecular weight is 1070 g/mol. The molecule has 28 heteroatoms. The minimum atomic E-state index is -2.40. The van der Waals surface area contributed by atoms with Gasteiger partial charge in [0, 0.05) is 75.9 Å². The Labute approximate surface area is 426 Å². The van der Waals surface area contributed by atoms with Crippen LogP contribution in [0.5, 0.6) is 0 Å². The molecule has 6 fully saturated rings. The van der Waals surface area contributed by atoms with Crippen molar-refractivity contribution in [1.82, 2.24) is 0 Å². The zero-order valence-electron chi connectivity index (χ0n) is 43.7. The van der Waals surface area contributed by atoms with Crippen molar-refractivity contribution in [1.29, 1.82) is 0 Å². The Morgan fingerprint density at radius 3 is 1.36 bits per heavy atom. The molecule has 0 amide bonds. The van der Waals surface area contributed by atoms with Crippen molar-refractivity contribution in [3.05, 3.63) is 0 Å². The van der Waals surface area contributed by atoms with Crippen LogP contribution in [0.25, 0.3) is 0 Å². The summed E-state index contributed by atoms with van der Waals surface area (Å²) >= 11 is 0. The fourth-order valence-electron chi connectivity index (χ4n) is 9.91. The van der Waals surface area contributed by atoms with E-state index in [1.165, 1.54) is 35.5 Å². The quantitative estimate of drug-likeness (QED) is 0.0995. The van der Waals surface area contributed by atoms with Crippen molar-refractivity contribution >= 4 is 47.8 Å². The van der Waals surface area contributed by atoms with Gasteiger partial charge in [-0.3, -0.25) is 28.8 Å². The fourth-order valence-corrected chi connectivity index (χ4v) is 9.91. The summed E-state index contributed by atoms with van der Waals surface area (Å²) in [6.45, 7) is 8.06. The van der Waals surface area contributed by atoms with Crippen molar-refractivity contribution in [3.8, 4) is 0 Å². The van der Waals surface area contributed by atoms with Crippen LogP contribution in [0.3, 0.4) is 0 Å². The van der Waals surface area contributed by atoms with Crippen LogP contribution >= 0.6 is 0 Å². The molecule has 6 aliphatic rings. The van der Waals surface area contributed by atoms with Gasteiger partial charge in [0.2, 0.25) is 5.60 Å². The number of carbonyl (C=O) groups excluding carboxylic acids is 8. The Morgan fingerprint density at radius 2 is 0.932 bits per heavy atom. The first kappa shape index (κ1) is 60.1. The maximum Gasteiger partial charge on any atom is 0.343 e. The molecule has 420 valence electrons. The molecule has 6 heterocycles. The molecule has 0 aliphatic carbocycles. The number of rotatable bonds is 21. The molecule has 8 unspecified atom stereocenters. The van der Waals surface area contributed by atoms with E-state index in [-0.39, 0.29) is 6.42 Å². The molecule has 0 radical (unpaired) electrons. The highest BCUT2D eigenvalue weighted by Crippen LogP contribution is 2.46. The third-order valence-electron chi connectivity index (χ3n) is 13.1. The molecule has 74 heavy (non-hydrogen) atoms. The lowest BCUT2D eigenvalue weighted by molar-refractivity contribution is -0.429. The zero-order chi connectivity index (χ0) is 55.0. The van der Waals surface area contributed by atoms with Gasteiger partial charge >= 0.3 is 47.8 Å². The van der Waals surface area contributed by atoms with Crippen molar-refractivity contribution in [3.63, 3.8) is 0 Å². The monoisotopic (exact) mass is 1070 g/mol. The van der Waals surface area contributed by atoms with Crippen LogP contribution in [0.2, 0.25) is 0 Å². The van der Waals surface area contributed by atoms with E-state index in [1.807, 2.05) is 0 Å². The van der Waals surface area contributed by atoms with Crippen LogP contribution in [-0.4, -0.2) is 226 Å². The van der Waals surface area contributed by atoms with E-state index in [4.69, 9.17) is 94.7 Å². The predicted molar refractivity (Wildman–Crippen MR) is 235 cm³/mol. The highest BCUT2D eigenvalue weighted by molar-refractivity contribution is 5.81. The van der Waals surface area contributed by atoms with E-state index in [9.17, 15) is 38.4 Å². The van der Waals surface area contributed by atoms with Gasteiger partial charge in [0.1, 0.15) is 62.0 Å². The van der Waals surface area contributed by atoms with Gasteiger partial charge in [0.05, 0.1) is 26.9 Å². The maximum atomic E-state index is 14.3. The second kappa shape index (κ2) is 25.9. The molecule has 6 aliphatic heterocycles. The minimum Gasteiger partial charge on any atom is -0.467 e. The number of hydrogen-bond acceptors (Lipinski definition) is 28. The summed E-state index contributed by atoms with van der Waals surface area (Å²) < 4.78 is 118. The lowest BCUT2D eigenvalue weighted by Crippen LogP contribution is -2.78. The second-order valence-electron chi connectivity index (χ2n) is 17.7. The van der Waals surface area contributed by atoms with Crippen molar-refractivity contribution in [2.24, 2.45) is 5.92 Å². The van der Waals surface area contributed by atoms with Crippen molar-refractivity contribution in [2.75, 3.05) is 62.5 Å². The third-order valence-corrected chi connectivity index (χ3v) is 13.1. The zero-order valence-corrected chi connectivity index (χ0v) is 43.7. The third kappa shape index (κ3) is 12.7. The van der Waals surface area contributed by atoms with Gasteiger partial charge in [0.15, 0.2) is 55.2 Å². The second-order valence-corrected chi connectivity index (χ2v) is 17.7. The normalized spacial score (nSPS) is 38.6. The van der Waals surface area contributed by atoms with E-state index >= 15 is 0 Å². The van der Waals surface area contributed by atoms with Crippen LogP contribution in [-0.2, 0) is 133 Å². The number of carbonyl (C=O) groups is 8. The number of esters is 8. The Kier molecular flexibility index (Phi) is 21.0. The molecule has 0 aromatic carbocycles. The van der Waals surface area contributed by atoms with Gasteiger partial charge in [-0.05, 0) is 6.42 Å². The van der Waals surface area contributed by atoms with Crippen molar-refractivity contribution in [2.45, 2.75) is 178 Å². The molecule has 2 bridgehead atoms. The smallest absolute Gasteiger partial charge is 0.343 e. The molecule has 0 N–H and O–H groups in total. The van der Waals surface area contributed by atoms with E-state index in [0.29, 0.717) is 0 Å². The molecular formula is C46H68O28. The first-order valence-corrected chi connectivity index (χ1v) is 23.5. The van der Waals surface area contributed by atoms with Gasteiger partial charge in [-0.25, -0.2) is 9.59 Å². The standard InChI is InChI=1S/C46H68O28/c1-15-45(43(53)59-13)19(2)28(55-9)34(57-11)41(73-45)70-30-27(17-62-21(4)48)69-40(37(67-25(8)52)32(30)65-23(6)50)72-38-33(56-10)35-42(74-46(38,18-63-35)44(54)60-14)71-29-26(16-61-20(3)47)68-39(58-12)36(66-24(7)51)31(29)64-22(5)49/h19,26-42H,15-18H2,1-14H3/t19-,26?,27?,28+,29+,30+,31+,32+,33?,34?,35-,36?,37?,38-,39-,40+,41-,42+,45?,46?/m1/s1. The SMILES string of the molecule is CCC1(C(=O)OC)O[C@@H](O[C@H]2C(COC(C)=O)O[C@@H](O[C@@H]3C(OC)[C@H]4OCC3(C(=O)OC)O[C@@H]4O[C@H]3C(COC(C)=O)O[C@@H](OC)C(OC(C)=O)[C@H]3OC(C)=O)C(OC(C)=O)[C@H]2OC(C)=O)C(OC)[C@@H](OC)[C@H]1C. The molecule has 6 saturated heterocycles. The summed E-state index contributed by atoms with van der Waals surface area (Å²) in [5.41, 5.74) is -4.10. The molecule has 0 saturated carbocycles. The van der Waals surface area contributed by atoms with Gasteiger partial charge in [-0.1, -0.05) is 13.8 Å². The molecule has 6 rings (SSSR count). The number of methoxy groups -OCH3 is 6. The maximum absolute atomic E-state index is 14.3. The molecular weight excluding hydrogens is 1000 g/mol. The summed E-state index contributed by atoms with van der Waals surface area (Å²) in [6.07, 6.45) is -25.7. The summed E-state index contributed by atoms with van der Waals surface area (Å²) in [7, 11) is 7.38. The van der Waals surface area contributed by atoms with E-state index in [1.54, 1.807) is 13.8 Å². The van der Waals surface area contributed by atoms with Gasteiger partial charge in [0.25, 0.3) is 0 Å². The van der Waals surface area contributed by atoms with E-state index < -0.39 is 189 Å². The van der Waals surface area contributed by atoms with Crippen LogP contribution < -0.4 is 0 Å². The lowest BCUT2D eigenvalue weighted by Gasteiger charge is -2.57. The van der Waals surface area contributed by atoms with Gasteiger partial charge < -0.3 is 94.7 Å². The number of ether oxygens (including phenoxy) is 20.